The molecule has 0 bridgehead atoms. The minimum absolute atomic E-state index is 0.0932. The molecule has 31 heavy (non-hydrogen) atoms. The zero-order valence-electron chi connectivity index (χ0n) is 18.1. The summed E-state index contributed by atoms with van der Waals surface area (Å²) in [5.41, 5.74) is 10.7. The van der Waals surface area contributed by atoms with Crippen LogP contribution in [-0.4, -0.2) is 55.5 Å². The summed E-state index contributed by atoms with van der Waals surface area (Å²) in [7, 11) is 0. The maximum atomic E-state index is 10.5. The molecule has 3 heterocycles. The number of nitrogens with two attached hydrogens (primary N) is 1. The van der Waals surface area contributed by atoms with Crippen molar-refractivity contribution < 1.29 is 24.1 Å². The highest BCUT2D eigenvalue weighted by Crippen LogP contribution is 2.33. The second-order valence-corrected chi connectivity index (χ2v) is 8.25. The van der Waals surface area contributed by atoms with Crippen molar-refractivity contribution in [2.75, 3.05) is 38.8 Å². The summed E-state index contributed by atoms with van der Waals surface area (Å²) in [4.78, 5) is 4.71. The van der Waals surface area contributed by atoms with Crippen molar-refractivity contribution in [3.05, 3.63) is 41.6 Å². The van der Waals surface area contributed by atoms with Crippen molar-refractivity contribution >= 4 is 5.69 Å². The van der Waals surface area contributed by atoms with Crippen LogP contribution in [0.15, 0.2) is 30.3 Å². The van der Waals surface area contributed by atoms with Crippen LogP contribution in [-0.2, 0) is 14.2 Å². The number of pyridine rings is 1. The second kappa shape index (κ2) is 10.4. The first kappa shape index (κ1) is 22.0. The molecule has 7 heteroatoms. The molecule has 2 aliphatic rings. The van der Waals surface area contributed by atoms with E-state index >= 15 is 0 Å². The van der Waals surface area contributed by atoms with E-state index in [1.165, 1.54) is 0 Å². The van der Waals surface area contributed by atoms with Gasteiger partial charge in [0.2, 0.25) is 5.88 Å². The predicted molar refractivity (Wildman–Crippen MR) is 118 cm³/mol. The maximum Gasteiger partial charge on any atom is 0.214 e. The quantitative estimate of drug-likeness (QED) is 0.515. The molecule has 3 unspecified atom stereocenters. The Morgan fingerprint density at radius 1 is 1.13 bits per heavy atom. The highest BCUT2D eigenvalue weighted by molar-refractivity contribution is 5.72. The summed E-state index contributed by atoms with van der Waals surface area (Å²) >= 11 is 0. The number of hydrogen-bond acceptors (Lipinski definition) is 7. The van der Waals surface area contributed by atoms with Gasteiger partial charge in [-0.05, 0) is 67.5 Å². The number of aromatic nitrogens is 1. The van der Waals surface area contributed by atoms with E-state index in [4.69, 9.17) is 29.7 Å². The number of aryl methyl sites for hydroxylation is 1. The van der Waals surface area contributed by atoms with Crippen LogP contribution in [0.2, 0.25) is 0 Å². The number of nitrogens with zero attached hydrogens (tertiary/aromatic N) is 1. The predicted octanol–water partition coefficient (Wildman–Crippen LogP) is 3.43. The zero-order chi connectivity index (χ0) is 21.6. The van der Waals surface area contributed by atoms with Gasteiger partial charge in [-0.3, -0.25) is 0 Å². The lowest BCUT2D eigenvalue weighted by atomic mass is 9.91. The molecule has 2 saturated heterocycles. The van der Waals surface area contributed by atoms with Crippen molar-refractivity contribution in [3.63, 3.8) is 0 Å². The van der Waals surface area contributed by atoms with Crippen molar-refractivity contribution in [1.29, 1.82) is 0 Å². The summed E-state index contributed by atoms with van der Waals surface area (Å²) in [6.07, 6.45) is 3.14. The summed E-state index contributed by atoms with van der Waals surface area (Å²) in [5.74, 6) is 0.422. The third-order valence-corrected chi connectivity index (χ3v) is 5.88. The number of benzene rings is 1. The average Bonchev–Trinajstić information content (AvgIpc) is 2.79. The van der Waals surface area contributed by atoms with E-state index in [1.807, 2.05) is 30.3 Å². The van der Waals surface area contributed by atoms with Gasteiger partial charge in [-0.2, -0.15) is 0 Å². The molecule has 4 rings (SSSR count). The van der Waals surface area contributed by atoms with Gasteiger partial charge in [0.1, 0.15) is 6.61 Å². The third-order valence-electron chi connectivity index (χ3n) is 5.88. The van der Waals surface area contributed by atoms with Crippen molar-refractivity contribution in [3.8, 4) is 17.0 Å². The molecule has 2 aromatic rings. The molecule has 1 aromatic heterocycles. The van der Waals surface area contributed by atoms with E-state index < -0.39 is 6.10 Å². The van der Waals surface area contributed by atoms with Crippen LogP contribution in [0.5, 0.6) is 5.88 Å². The maximum absolute atomic E-state index is 10.5. The Morgan fingerprint density at radius 3 is 2.84 bits per heavy atom. The number of ether oxygens (including phenoxy) is 4. The van der Waals surface area contributed by atoms with Gasteiger partial charge in [0, 0.05) is 30.9 Å². The first-order valence-electron chi connectivity index (χ1n) is 11.1. The van der Waals surface area contributed by atoms with Gasteiger partial charge in [0.05, 0.1) is 25.0 Å². The largest absolute Gasteiger partial charge is 0.475 e. The average molecular weight is 429 g/mol. The number of nitrogen functional groups attached to an aromatic ring is 1. The normalized spacial score (nSPS) is 24.1. The zero-order valence-corrected chi connectivity index (χ0v) is 18.1. The molecule has 0 amide bonds. The van der Waals surface area contributed by atoms with Crippen LogP contribution in [0, 0.1) is 6.92 Å². The third kappa shape index (κ3) is 5.74. The fraction of sp³-hybridized carbons (Fsp3) is 0.542. The molecule has 2 aliphatic heterocycles. The molecule has 0 radical (unpaired) electrons. The van der Waals surface area contributed by atoms with Gasteiger partial charge in [-0.25, -0.2) is 4.98 Å². The number of aliphatic hydroxyl groups excluding tert-OH is 1. The van der Waals surface area contributed by atoms with Crippen molar-refractivity contribution in [2.45, 2.75) is 50.9 Å². The smallest absolute Gasteiger partial charge is 0.214 e. The fourth-order valence-electron chi connectivity index (χ4n) is 4.13. The van der Waals surface area contributed by atoms with Crippen LogP contribution in [0.25, 0.3) is 11.1 Å². The molecule has 3 atom stereocenters. The second-order valence-electron chi connectivity index (χ2n) is 8.25. The standard InChI is InChI=1S/C24H32N2O5/c1-16-5-6-18(25)14-20(16)17-12-21(19-7-9-28-15-22(19)27)26-23(13-17)29-10-11-31-24-4-2-3-8-30-24/h5-6,12-14,19,22,24,27H,2-4,7-11,15,25H2,1H3. The molecule has 2 fully saturated rings. The highest BCUT2D eigenvalue weighted by Gasteiger charge is 2.27. The first-order chi connectivity index (χ1) is 15.1. The number of anilines is 1. The van der Waals surface area contributed by atoms with Crippen molar-refractivity contribution in [2.24, 2.45) is 0 Å². The summed E-state index contributed by atoms with van der Waals surface area (Å²) in [5, 5.41) is 10.5. The van der Waals surface area contributed by atoms with Gasteiger partial charge in [0.15, 0.2) is 6.29 Å². The Bertz CT molecular complexity index is 869. The van der Waals surface area contributed by atoms with E-state index in [9.17, 15) is 5.11 Å². The number of aliphatic hydroxyl groups is 1. The molecular weight excluding hydrogens is 396 g/mol. The Kier molecular flexibility index (Phi) is 7.40. The Balaban J connectivity index is 1.53. The van der Waals surface area contributed by atoms with Gasteiger partial charge in [-0.1, -0.05) is 6.07 Å². The molecule has 0 saturated carbocycles. The monoisotopic (exact) mass is 428 g/mol. The van der Waals surface area contributed by atoms with E-state index in [0.717, 1.165) is 54.7 Å². The lowest BCUT2D eigenvalue weighted by Gasteiger charge is -2.28. The number of hydrogen-bond donors (Lipinski definition) is 2. The minimum atomic E-state index is -0.585. The summed E-state index contributed by atoms with van der Waals surface area (Å²) in [6.45, 7) is 4.54. The van der Waals surface area contributed by atoms with E-state index in [1.54, 1.807) is 0 Å². The lowest BCUT2D eigenvalue weighted by molar-refractivity contribution is -0.165. The molecule has 3 N–H and O–H groups in total. The molecule has 1 aromatic carbocycles. The first-order valence-corrected chi connectivity index (χ1v) is 11.1. The van der Waals surface area contributed by atoms with E-state index in [0.29, 0.717) is 38.0 Å². The van der Waals surface area contributed by atoms with E-state index in [-0.39, 0.29) is 12.2 Å². The number of rotatable bonds is 7. The Hall–Kier alpha value is -2.19. The Morgan fingerprint density at radius 2 is 2.03 bits per heavy atom. The molecular formula is C24H32N2O5. The van der Waals surface area contributed by atoms with Gasteiger partial charge < -0.3 is 29.8 Å². The fourth-order valence-corrected chi connectivity index (χ4v) is 4.13. The topological polar surface area (TPSA) is 96.1 Å². The lowest BCUT2D eigenvalue weighted by Crippen LogP contribution is -2.31. The Labute approximate surface area is 183 Å². The van der Waals surface area contributed by atoms with Crippen LogP contribution < -0.4 is 10.5 Å². The highest BCUT2D eigenvalue weighted by atomic mass is 16.7. The minimum Gasteiger partial charge on any atom is -0.475 e. The summed E-state index contributed by atoms with van der Waals surface area (Å²) in [6, 6.07) is 9.81. The van der Waals surface area contributed by atoms with Gasteiger partial charge in [0.25, 0.3) is 0 Å². The van der Waals surface area contributed by atoms with Gasteiger partial charge >= 0.3 is 0 Å². The van der Waals surface area contributed by atoms with Crippen LogP contribution in [0.1, 0.15) is 42.9 Å². The summed E-state index contributed by atoms with van der Waals surface area (Å²) < 4.78 is 22.7. The molecule has 168 valence electrons. The SMILES string of the molecule is Cc1ccc(N)cc1-c1cc(OCCOC2CCCCO2)nc(C2CCOCC2O)c1. The van der Waals surface area contributed by atoms with Crippen LogP contribution >= 0.6 is 0 Å². The van der Waals surface area contributed by atoms with E-state index in [2.05, 4.69) is 6.92 Å². The molecule has 0 spiro atoms. The molecule has 0 aliphatic carbocycles. The van der Waals surface area contributed by atoms with Crippen LogP contribution in [0.4, 0.5) is 5.69 Å². The van der Waals surface area contributed by atoms with Gasteiger partial charge in [-0.15, -0.1) is 0 Å². The van der Waals surface area contributed by atoms with Crippen LogP contribution in [0.3, 0.4) is 0 Å². The van der Waals surface area contributed by atoms with Crippen molar-refractivity contribution in [1.82, 2.24) is 4.98 Å². The molecule has 7 nitrogen and oxygen atoms in total.